The summed E-state index contributed by atoms with van der Waals surface area (Å²) in [5.74, 6) is 0. The van der Waals surface area contributed by atoms with E-state index < -0.39 is 0 Å². The van der Waals surface area contributed by atoms with Crippen molar-refractivity contribution in [1.82, 2.24) is 9.47 Å². The summed E-state index contributed by atoms with van der Waals surface area (Å²) < 4.78 is 2.20. The Morgan fingerprint density at radius 2 is 1.44 bits per heavy atom. The molecule has 2 heterocycles. The van der Waals surface area contributed by atoms with Gasteiger partial charge in [0.1, 0.15) is 0 Å². The van der Waals surface area contributed by atoms with Crippen LogP contribution in [0.5, 0.6) is 0 Å². The van der Waals surface area contributed by atoms with E-state index in [0.29, 0.717) is 0 Å². The summed E-state index contributed by atoms with van der Waals surface area (Å²) >= 11 is 0. The lowest BCUT2D eigenvalue weighted by atomic mass is 10.0. The Kier molecular flexibility index (Phi) is 4.57. The highest BCUT2D eigenvalue weighted by atomic mass is 15.2. The monoisotopic (exact) mass is 331 g/mol. The molecule has 3 aromatic rings. The van der Waals surface area contributed by atoms with Gasteiger partial charge in [-0.05, 0) is 36.4 Å². The first-order chi connectivity index (χ1) is 12.3. The lowest BCUT2D eigenvalue weighted by Crippen LogP contribution is -2.44. The fourth-order valence-corrected chi connectivity index (χ4v) is 3.52. The zero-order valence-corrected chi connectivity index (χ0v) is 14.8. The molecule has 1 aromatic heterocycles. The molecule has 0 spiro atoms. The average molecular weight is 331 g/mol. The Morgan fingerprint density at radius 1 is 0.760 bits per heavy atom. The van der Waals surface area contributed by atoms with Gasteiger partial charge in [-0.25, -0.2) is 0 Å². The van der Waals surface area contributed by atoms with Crippen molar-refractivity contribution in [2.45, 2.75) is 6.54 Å². The van der Waals surface area contributed by atoms with E-state index in [0.717, 1.165) is 32.7 Å². The van der Waals surface area contributed by atoms with E-state index in [1.54, 1.807) is 0 Å². The lowest BCUT2D eigenvalue weighted by Gasteiger charge is -2.35. The fourth-order valence-electron chi connectivity index (χ4n) is 3.52. The van der Waals surface area contributed by atoms with Crippen molar-refractivity contribution in [1.29, 1.82) is 0 Å². The SMILES string of the molecule is CN1CCN(c2ccccc2-c2ccc(Cn3cccc3)cc2)CC1. The first-order valence-corrected chi connectivity index (χ1v) is 9.02. The second-order valence-corrected chi connectivity index (χ2v) is 6.86. The van der Waals surface area contributed by atoms with E-state index in [2.05, 4.69) is 94.5 Å². The molecule has 0 amide bonds. The number of anilines is 1. The number of likely N-dealkylation sites (N-methyl/N-ethyl adjacent to an activating group) is 1. The molecule has 3 heteroatoms. The summed E-state index contributed by atoms with van der Waals surface area (Å²) in [4.78, 5) is 4.91. The van der Waals surface area contributed by atoms with Gasteiger partial charge in [0.25, 0.3) is 0 Å². The van der Waals surface area contributed by atoms with Crippen LogP contribution in [-0.2, 0) is 6.54 Å². The van der Waals surface area contributed by atoms with Gasteiger partial charge in [-0.15, -0.1) is 0 Å². The molecule has 0 aliphatic carbocycles. The number of rotatable bonds is 4. The molecular formula is C22H25N3. The highest BCUT2D eigenvalue weighted by molar-refractivity contribution is 5.78. The van der Waals surface area contributed by atoms with Crippen LogP contribution in [0.15, 0.2) is 73.1 Å². The highest BCUT2D eigenvalue weighted by Crippen LogP contribution is 2.31. The molecule has 1 fully saturated rings. The van der Waals surface area contributed by atoms with Crippen molar-refractivity contribution >= 4 is 5.69 Å². The number of benzene rings is 2. The van der Waals surface area contributed by atoms with Gasteiger partial charge in [-0.1, -0.05) is 42.5 Å². The van der Waals surface area contributed by atoms with Gasteiger partial charge in [0, 0.05) is 56.4 Å². The molecular weight excluding hydrogens is 306 g/mol. The summed E-state index contributed by atoms with van der Waals surface area (Å²) in [6, 6.07) is 21.9. The smallest absolute Gasteiger partial charge is 0.0470 e. The van der Waals surface area contributed by atoms with Gasteiger partial charge >= 0.3 is 0 Å². The average Bonchev–Trinajstić information content (AvgIpc) is 3.16. The van der Waals surface area contributed by atoms with Gasteiger partial charge in [-0.3, -0.25) is 0 Å². The van der Waals surface area contributed by atoms with Gasteiger partial charge in [-0.2, -0.15) is 0 Å². The quantitative estimate of drug-likeness (QED) is 0.717. The van der Waals surface area contributed by atoms with Gasteiger partial charge in [0.05, 0.1) is 0 Å². The van der Waals surface area contributed by atoms with Crippen LogP contribution in [0.3, 0.4) is 0 Å². The maximum atomic E-state index is 2.52. The Bertz CT molecular complexity index is 798. The molecule has 0 atom stereocenters. The topological polar surface area (TPSA) is 11.4 Å². The number of nitrogens with zero attached hydrogens (tertiary/aromatic N) is 3. The molecule has 0 N–H and O–H groups in total. The van der Waals surface area contributed by atoms with Crippen molar-refractivity contribution in [3.05, 3.63) is 78.6 Å². The molecule has 1 aliphatic heterocycles. The van der Waals surface area contributed by atoms with Crippen molar-refractivity contribution in [3.63, 3.8) is 0 Å². The van der Waals surface area contributed by atoms with Crippen molar-refractivity contribution in [2.75, 3.05) is 38.1 Å². The Labute approximate surface area is 150 Å². The first-order valence-electron chi connectivity index (χ1n) is 9.02. The lowest BCUT2D eigenvalue weighted by molar-refractivity contribution is 0.313. The molecule has 3 nitrogen and oxygen atoms in total. The van der Waals surface area contributed by atoms with Crippen LogP contribution in [0.1, 0.15) is 5.56 Å². The maximum absolute atomic E-state index is 2.52. The zero-order chi connectivity index (χ0) is 17.1. The van der Waals surface area contributed by atoms with E-state index in [1.165, 1.54) is 22.4 Å². The predicted octanol–water partition coefficient (Wildman–Crippen LogP) is 3.96. The largest absolute Gasteiger partial charge is 0.368 e. The van der Waals surface area contributed by atoms with Crippen LogP contribution in [0.4, 0.5) is 5.69 Å². The summed E-state index contributed by atoms with van der Waals surface area (Å²) in [5, 5.41) is 0. The number of hydrogen-bond donors (Lipinski definition) is 0. The minimum atomic E-state index is 0.924. The standard InChI is InChI=1S/C22H25N3/c1-23-14-16-25(17-15-23)22-7-3-2-6-21(22)20-10-8-19(9-11-20)18-24-12-4-5-13-24/h2-13H,14-18H2,1H3. The van der Waals surface area contributed by atoms with Crippen molar-refractivity contribution in [3.8, 4) is 11.1 Å². The van der Waals surface area contributed by atoms with E-state index in [9.17, 15) is 0 Å². The second kappa shape index (κ2) is 7.16. The Morgan fingerprint density at radius 3 is 2.16 bits per heavy atom. The molecule has 4 rings (SSSR count). The van der Waals surface area contributed by atoms with Crippen LogP contribution in [0, 0.1) is 0 Å². The van der Waals surface area contributed by atoms with Crippen LogP contribution in [0.2, 0.25) is 0 Å². The molecule has 128 valence electrons. The number of piperazine rings is 1. The van der Waals surface area contributed by atoms with Crippen LogP contribution >= 0.6 is 0 Å². The van der Waals surface area contributed by atoms with E-state index in [-0.39, 0.29) is 0 Å². The molecule has 1 aliphatic rings. The van der Waals surface area contributed by atoms with Crippen molar-refractivity contribution in [2.24, 2.45) is 0 Å². The molecule has 1 saturated heterocycles. The maximum Gasteiger partial charge on any atom is 0.0470 e. The van der Waals surface area contributed by atoms with Crippen LogP contribution < -0.4 is 4.90 Å². The first kappa shape index (κ1) is 16.0. The van der Waals surface area contributed by atoms with Crippen LogP contribution in [-0.4, -0.2) is 42.7 Å². The number of para-hydroxylation sites is 1. The van der Waals surface area contributed by atoms with E-state index in [4.69, 9.17) is 0 Å². The molecule has 0 saturated carbocycles. The summed E-state index contributed by atoms with van der Waals surface area (Å²) in [5.41, 5.74) is 5.32. The van der Waals surface area contributed by atoms with Gasteiger partial charge < -0.3 is 14.4 Å². The second-order valence-electron chi connectivity index (χ2n) is 6.86. The fraction of sp³-hybridized carbons (Fsp3) is 0.273. The minimum absolute atomic E-state index is 0.924. The molecule has 25 heavy (non-hydrogen) atoms. The third-order valence-corrected chi connectivity index (χ3v) is 5.04. The van der Waals surface area contributed by atoms with E-state index in [1.807, 2.05) is 0 Å². The molecule has 0 unspecified atom stereocenters. The normalized spacial score (nSPS) is 15.5. The summed E-state index contributed by atoms with van der Waals surface area (Å²) in [6.45, 7) is 5.38. The minimum Gasteiger partial charge on any atom is -0.368 e. The zero-order valence-electron chi connectivity index (χ0n) is 14.8. The molecule has 0 radical (unpaired) electrons. The van der Waals surface area contributed by atoms with Crippen molar-refractivity contribution < 1.29 is 0 Å². The van der Waals surface area contributed by atoms with Gasteiger partial charge in [0.2, 0.25) is 0 Å². The molecule has 2 aromatic carbocycles. The predicted molar refractivity (Wildman–Crippen MR) is 105 cm³/mol. The third-order valence-electron chi connectivity index (χ3n) is 5.04. The molecule has 0 bridgehead atoms. The Balaban J connectivity index is 1.57. The number of aromatic nitrogens is 1. The summed E-state index contributed by atoms with van der Waals surface area (Å²) in [6.07, 6.45) is 4.22. The van der Waals surface area contributed by atoms with Crippen LogP contribution in [0.25, 0.3) is 11.1 Å². The summed E-state index contributed by atoms with van der Waals surface area (Å²) in [7, 11) is 2.20. The van der Waals surface area contributed by atoms with Gasteiger partial charge in [0.15, 0.2) is 0 Å². The highest BCUT2D eigenvalue weighted by Gasteiger charge is 2.17. The van der Waals surface area contributed by atoms with E-state index >= 15 is 0 Å². The Hall–Kier alpha value is -2.52. The third kappa shape index (κ3) is 3.62. The number of hydrogen-bond acceptors (Lipinski definition) is 2.